The number of aromatic nitrogens is 4. The lowest BCUT2D eigenvalue weighted by Crippen LogP contribution is -2.39. The van der Waals surface area contributed by atoms with E-state index in [0.717, 1.165) is 17.9 Å². The van der Waals surface area contributed by atoms with E-state index in [0.29, 0.717) is 18.3 Å². The number of anilines is 1. The van der Waals surface area contributed by atoms with Gasteiger partial charge in [0.25, 0.3) is 0 Å². The van der Waals surface area contributed by atoms with Gasteiger partial charge in [0.1, 0.15) is 11.9 Å². The summed E-state index contributed by atoms with van der Waals surface area (Å²) in [5, 5.41) is 9.61. The van der Waals surface area contributed by atoms with Gasteiger partial charge >= 0.3 is 0 Å². The zero-order valence-electron chi connectivity index (χ0n) is 13.2. The number of rotatable bonds is 5. The highest BCUT2D eigenvalue weighted by Gasteiger charge is 2.31. The number of amides is 1. The molecule has 23 heavy (non-hydrogen) atoms. The summed E-state index contributed by atoms with van der Waals surface area (Å²) in [6.45, 7) is 4.21. The first kappa shape index (κ1) is 15.6. The summed E-state index contributed by atoms with van der Waals surface area (Å²) in [7, 11) is 0. The van der Waals surface area contributed by atoms with Crippen molar-refractivity contribution in [2.75, 3.05) is 5.32 Å². The minimum absolute atomic E-state index is 0.00981. The van der Waals surface area contributed by atoms with Crippen molar-refractivity contribution in [3.8, 4) is 0 Å². The summed E-state index contributed by atoms with van der Waals surface area (Å²) in [6, 6.07) is 5.40. The Morgan fingerprint density at radius 3 is 3.00 bits per heavy atom. The average Bonchev–Trinajstić information content (AvgIpc) is 3.17. The largest absolute Gasteiger partial charge is 0.292 e. The molecule has 8 heteroatoms. The molecule has 8 nitrogen and oxygen atoms in total. The molecule has 0 bridgehead atoms. The van der Waals surface area contributed by atoms with Crippen LogP contribution >= 0.6 is 0 Å². The van der Waals surface area contributed by atoms with Crippen molar-refractivity contribution < 1.29 is 4.79 Å². The van der Waals surface area contributed by atoms with Crippen LogP contribution in [0.25, 0.3) is 0 Å². The number of hydrazine groups is 1. The van der Waals surface area contributed by atoms with Gasteiger partial charge in [-0.05, 0) is 24.5 Å². The third kappa shape index (κ3) is 3.91. The minimum Gasteiger partial charge on any atom is -0.292 e. The van der Waals surface area contributed by atoms with Crippen LogP contribution in [0.2, 0.25) is 0 Å². The van der Waals surface area contributed by atoms with Crippen molar-refractivity contribution in [3.05, 3.63) is 35.9 Å². The summed E-state index contributed by atoms with van der Waals surface area (Å²) in [6.07, 6.45) is 3.16. The Labute approximate surface area is 134 Å². The van der Waals surface area contributed by atoms with Crippen molar-refractivity contribution in [1.82, 2.24) is 31.0 Å². The molecule has 2 unspecified atom stereocenters. The van der Waals surface area contributed by atoms with Gasteiger partial charge in [-0.1, -0.05) is 19.9 Å². The van der Waals surface area contributed by atoms with E-state index in [2.05, 4.69) is 50.2 Å². The number of H-pyrrole nitrogens is 1. The van der Waals surface area contributed by atoms with E-state index in [4.69, 9.17) is 0 Å². The highest BCUT2D eigenvalue weighted by Crippen LogP contribution is 2.20. The van der Waals surface area contributed by atoms with Crippen LogP contribution in [0.5, 0.6) is 0 Å². The Hall–Kier alpha value is -2.32. The smallest absolute Gasteiger partial charge is 0.248 e. The molecule has 4 N–H and O–H groups in total. The van der Waals surface area contributed by atoms with Gasteiger partial charge in [-0.3, -0.25) is 20.2 Å². The van der Waals surface area contributed by atoms with E-state index in [1.807, 2.05) is 18.2 Å². The van der Waals surface area contributed by atoms with E-state index in [1.54, 1.807) is 6.20 Å². The third-order valence-corrected chi connectivity index (χ3v) is 3.63. The summed E-state index contributed by atoms with van der Waals surface area (Å²) in [5.41, 5.74) is 7.01. The van der Waals surface area contributed by atoms with Gasteiger partial charge in [0, 0.05) is 12.6 Å². The fourth-order valence-electron chi connectivity index (χ4n) is 2.53. The van der Waals surface area contributed by atoms with Crippen molar-refractivity contribution in [2.45, 2.75) is 38.8 Å². The summed E-state index contributed by atoms with van der Waals surface area (Å²) in [4.78, 5) is 20.9. The van der Waals surface area contributed by atoms with Crippen LogP contribution < -0.4 is 16.2 Å². The van der Waals surface area contributed by atoms with Gasteiger partial charge < -0.3 is 0 Å². The molecule has 2 aromatic heterocycles. The zero-order valence-corrected chi connectivity index (χ0v) is 13.2. The average molecular weight is 315 g/mol. The van der Waals surface area contributed by atoms with E-state index in [-0.39, 0.29) is 18.0 Å². The molecule has 3 heterocycles. The molecule has 2 aromatic rings. The maximum absolute atomic E-state index is 12.3. The Balaban J connectivity index is 1.56. The number of nitrogens with one attached hydrogen (secondary N) is 4. The fourth-order valence-corrected chi connectivity index (χ4v) is 2.53. The minimum atomic E-state index is -0.353. The number of nitrogens with zero attached hydrogens (tertiary/aromatic N) is 3. The Morgan fingerprint density at radius 2 is 2.26 bits per heavy atom. The van der Waals surface area contributed by atoms with Gasteiger partial charge in [-0.15, -0.1) is 5.10 Å². The second-order valence-corrected chi connectivity index (χ2v) is 6.08. The molecule has 0 aliphatic carbocycles. The van der Waals surface area contributed by atoms with Crippen LogP contribution in [0.15, 0.2) is 24.4 Å². The van der Waals surface area contributed by atoms with E-state index < -0.39 is 0 Å². The van der Waals surface area contributed by atoms with Gasteiger partial charge in [0.05, 0.1) is 11.7 Å². The molecule has 1 fully saturated rings. The fraction of sp³-hybridized carbons (Fsp3) is 0.467. The second kappa shape index (κ2) is 6.84. The van der Waals surface area contributed by atoms with Crippen molar-refractivity contribution in [3.63, 3.8) is 0 Å². The van der Waals surface area contributed by atoms with Gasteiger partial charge in [0.15, 0.2) is 0 Å². The van der Waals surface area contributed by atoms with Crippen LogP contribution in [0.1, 0.15) is 37.8 Å². The monoisotopic (exact) mass is 315 g/mol. The van der Waals surface area contributed by atoms with Gasteiger partial charge in [-0.25, -0.2) is 10.9 Å². The predicted molar refractivity (Wildman–Crippen MR) is 85.2 cm³/mol. The molecule has 1 amide bonds. The standard InChI is InChI=1S/C15H21N7O/c1-9(2)7-13-17-15(22-21-13)18-14(23)12-8-11(19-20-12)10-5-3-4-6-16-10/h3-6,9,11-12,19-20H,7-8H2,1-2H3,(H2,17,18,21,22,23). The molecular formula is C15H21N7O. The topological polar surface area (TPSA) is 108 Å². The SMILES string of the molecule is CC(C)Cc1nc(NC(=O)C2CC(c3ccccn3)NN2)n[nH]1. The van der Waals surface area contributed by atoms with Crippen molar-refractivity contribution in [2.24, 2.45) is 5.92 Å². The van der Waals surface area contributed by atoms with E-state index in [1.165, 1.54) is 0 Å². The number of pyridine rings is 1. The molecule has 1 aliphatic heterocycles. The van der Waals surface area contributed by atoms with Crippen LogP contribution in [0, 0.1) is 5.92 Å². The molecule has 0 spiro atoms. The lowest BCUT2D eigenvalue weighted by atomic mass is 10.1. The Morgan fingerprint density at radius 1 is 1.39 bits per heavy atom. The maximum Gasteiger partial charge on any atom is 0.248 e. The Kier molecular flexibility index (Phi) is 4.63. The van der Waals surface area contributed by atoms with Gasteiger partial charge in [-0.2, -0.15) is 4.98 Å². The summed E-state index contributed by atoms with van der Waals surface area (Å²) in [5.74, 6) is 1.41. The highest BCUT2D eigenvalue weighted by atomic mass is 16.2. The molecule has 0 radical (unpaired) electrons. The first-order valence-corrected chi connectivity index (χ1v) is 7.76. The maximum atomic E-state index is 12.3. The molecule has 2 atom stereocenters. The van der Waals surface area contributed by atoms with Crippen molar-refractivity contribution in [1.29, 1.82) is 0 Å². The van der Waals surface area contributed by atoms with E-state index in [9.17, 15) is 4.79 Å². The molecular weight excluding hydrogens is 294 g/mol. The van der Waals surface area contributed by atoms with Crippen LogP contribution in [-0.4, -0.2) is 32.1 Å². The molecule has 3 rings (SSSR count). The predicted octanol–water partition coefficient (Wildman–Crippen LogP) is 0.944. The molecule has 0 saturated carbocycles. The molecule has 0 aromatic carbocycles. The zero-order chi connectivity index (χ0) is 16.2. The van der Waals surface area contributed by atoms with Crippen LogP contribution in [0.4, 0.5) is 5.95 Å². The first-order valence-electron chi connectivity index (χ1n) is 7.76. The van der Waals surface area contributed by atoms with Crippen LogP contribution in [0.3, 0.4) is 0 Å². The molecule has 1 aliphatic rings. The first-order chi connectivity index (χ1) is 11.1. The quantitative estimate of drug-likeness (QED) is 0.654. The number of carbonyl (C=O) groups is 1. The van der Waals surface area contributed by atoms with Crippen LogP contribution in [-0.2, 0) is 11.2 Å². The Bertz CT molecular complexity index is 655. The van der Waals surface area contributed by atoms with Gasteiger partial charge in [0.2, 0.25) is 11.9 Å². The third-order valence-electron chi connectivity index (χ3n) is 3.63. The molecule has 122 valence electrons. The van der Waals surface area contributed by atoms with Crippen molar-refractivity contribution >= 4 is 11.9 Å². The molecule has 1 saturated heterocycles. The second-order valence-electron chi connectivity index (χ2n) is 6.08. The van der Waals surface area contributed by atoms with E-state index >= 15 is 0 Å². The summed E-state index contributed by atoms with van der Waals surface area (Å²) < 4.78 is 0. The lowest BCUT2D eigenvalue weighted by molar-refractivity contribution is -0.117. The highest BCUT2D eigenvalue weighted by molar-refractivity contribution is 5.93. The number of carbonyl (C=O) groups excluding carboxylic acids is 1. The number of hydrogen-bond donors (Lipinski definition) is 4. The number of hydrogen-bond acceptors (Lipinski definition) is 6. The number of aromatic amines is 1. The summed E-state index contributed by atoms with van der Waals surface area (Å²) >= 11 is 0. The normalized spacial score (nSPS) is 20.8. The lowest BCUT2D eigenvalue weighted by Gasteiger charge is -2.08.